The molecule has 3 aliphatic rings. The Morgan fingerprint density at radius 3 is 2.71 bits per heavy atom. The van der Waals surface area contributed by atoms with Crippen molar-refractivity contribution in [2.75, 3.05) is 5.32 Å². The van der Waals surface area contributed by atoms with Gasteiger partial charge in [0.2, 0.25) is 0 Å². The van der Waals surface area contributed by atoms with Gasteiger partial charge in [0.1, 0.15) is 23.0 Å². The van der Waals surface area contributed by atoms with E-state index in [-0.39, 0.29) is 23.9 Å². The molecule has 2 bridgehead atoms. The van der Waals surface area contributed by atoms with Crippen LogP contribution in [0.4, 0.5) is 10.2 Å². The first-order valence-corrected chi connectivity index (χ1v) is 11.8. The van der Waals surface area contributed by atoms with E-state index in [4.69, 9.17) is 9.97 Å². The molecule has 7 rings (SSSR count). The van der Waals surface area contributed by atoms with Gasteiger partial charge < -0.3 is 15.0 Å². The Balaban J connectivity index is 1.51. The summed E-state index contributed by atoms with van der Waals surface area (Å²) < 4.78 is 16.0. The van der Waals surface area contributed by atoms with Crippen LogP contribution in [0.15, 0.2) is 24.5 Å². The Morgan fingerprint density at radius 2 is 1.97 bits per heavy atom. The third-order valence-electron chi connectivity index (χ3n) is 7.54. The van der Waals surface area contributed by atoms with Gasteiger partial charge in [-0.25, -0.2) is 19.3 Å². The van der Waals surface area contributed by atoms with Gasteiger partial charge in [-0.3, -0.25) is 9.89 Å². The maximum Gasteiger partial charge on any atom is 0.308 e. The number of nitrogens with zero attached hydrogens (tertiary/aromatic N) is 5. The highest BCUT2D eigenvalue weighted by molar-refractivity contribution is 5.93. The summed E-state index contributed by atoms with van der Waals surface area (Å²) in [5, 5.41) is 22.0. The molecular formula is C24H26FN7O2. The maximum atomic E-state index is 14.0. The number of aliphatic carboxylic acids is 1. The second kappa shape index (κ2) is 7.75. The van der Waals surface area contributed by atoms with E-state index in [1.54, 1.807) is 0 Å². The van der Waals surface area contributed by atoms with E-state index >= 15 is 0 Å². The first kappa shape index (κ1) is 21.0. The predicted molar refractivity (Wildman–Crippen MR) is 125 cm³/mol. The summed E-state index contributed by atoms with van der Waals surface area (Å²) in [7, 11) is 0. The molecule has 0 aromatic carbocycles. The van der Waals surface area contributed by atoms with E-state index in [0.29, 0.717) is 28.4 Å². The van der Waals surface area contributed by atoms with Crippen molar-refractivity contribution in [1.29, 1.82) is 0 Å². The van der Waals surface area contributed by atoms with E-state index in [9.17, 15) is 14.3 Å². The monoisotopic (exact) mass is 463 g/mol. The summed E-state index contributed by atoms with van der Waals surface area (Å²) >= 11 is 0. The van der Waals surface area contributed by atoms with Crippen molar-refractivity contribution < 1.29 is 14.3 Å². The number of H-pyrrole nitrogens is 1. The molecule has 10 heteroatoms. The number of aromatic nitrogens is 6. The quantitative estimate of drug-likeness (QED) is 0.401. The molecular weight excluding hydrogens is 437 g/mol. The van der Waals surface area contributed by atoms with Gasteiger partial charge in [-0.2, -0.15) is 5.10 Å². The minimum atomic E-state index is -0.752. The molecule has 3 aliphatic carbocycles. The van der Waals surface area contributed by atoms with Crippen molar-refractivity contribution in [1.82, 2.24) is 29.7 Å². The number of pyridine rings is 1. The molecule has 0 spiro atoms. The van der Waals surface area contributed by atoms with Crippen LogP contribution in [0.25, 0.3) is 33.6 Å². The van der Waals surface area contributed by atoms with Crippen molar-refractivity contribution in [2.45, 2.75) is 51.6 Å². The zero-order valence-corrected chi connectivity index (χ0v) is 19.0. The fraction of sp³-hybridized carbons (Fsp3) is 0.458. The van der Waals surface area contributed by atoms with Gasteiger partial charge in [-0.1, -0.05) is 0 Å². The molecule has 2 unspecified atom stereocenters. The molecule has 0 amide bonds. The maximum absolute atomic E-state index is 14.0. The van der Waals surface area contributed by atoms with Gasteiger partial charge in [-0.05, 0) is 63.5 Å². The highest BCUT2D eigenvalue weighted by Gasteiger charge is 2.47. The average molecular weight is 464 g/mol. The summed E-state index contributed by atoms with van der Waals surface area (Å²) in [5.41, 5.74) is 1.58. The largest absolute Gasteiger partial charge is 0.481 e. The lowest BCUT2D eigenvalue weighted by Crippen LogP contribution is -2.51. The molecule has 3 saturated carbocycles. The number of anilines is 1. The van der Waals surface area contributed by atoms with Crippen molar-refractivity contribution in [3.63, 3.8) is 0 Å². The van der Waals surface area contributed by atoms with Gasteiger partial charge in [-0.15, -0.1) is 0 Å². The molecule has 2 atom stereocenters. The van der Waals surface area contributed by atoms with Gasteiger partial charge in [0.25, 0.3) is 0 Å². The van der Waals surface area contributed by atoms with E-state index in [2.05, 4.69) is 34.3 Å². The van der Waals surface area contributed by atoms with Crippen LogP contribution in [-0.4, -0.2) is 46.8 Å². The summed E-state index contributed by atoms with van der Waals surface area (Å²) in [6.45, 7) is 4.14. The molecule has 3 N–H and O–H groups in total. The summed E-state index contributed by atoms with van der Waals surface area (Å²) in [6, 6.07) is 3.29. The minimum absolute atomic E-state index is 0.156. The van der Waals surface area contributed by atoms with Gasteiger partial charge in [0, 0.05) is 18.3 Å². The third kappa shape index (κ3) is 3.23. The molecule has 0 aliphatic heterocycles. The number of hydrogen-bond acceptors (Lipinski definition) is 6. The molecule has 4 aromatic heterocycles. The number of nitrogens with one attached hydrogen (secondary N) is 2. The van der Waals surface area contributed by atoms with Crippen molar-refractivity contribution in [3.05, 3.63) is 30.3 Å². The van der Waals surface area contributed by atoms with Gasteiger partial charge >= 0.3 is 5.97 Å². The van der Waals surface area contributed by atoms with E-state index in [1.807, 2.05) is 16.8 Å². The second-order valence-electron chi connectivity index (χ2n) is 9.78. The van der Waals surface area contributed by atoms with Crippen LogP contribution in [0.2, 0.25) is 0 Å². The lowest BCUT2D eigenvalue weighted by atomic mass is 9.61. The SMILES string of the molecule is CC(C)n1ccc2c(NC3C4CCC(CC4)C3C(=O)O)nc(-c3[nH]nc4ncc(F)cc34)nc21. The molecule has 4 aromatic rings. The number of rotatable bonds is 5. The summed E-state index contributed by atoms with van der Waals surface area (Å²) in [5.74, 6) is -0.241. The first-order chi connectivity index (χ1) is 16.4. The summed E-state index contributed by atoms with van der Waals surface area (Å²) in [4.78, 5) is 25.9. The van der Waals surface area contributed by atoms with Crippen LogP contribution in [0.5, 0.6) is 0 Å². The fourth-order valence-electron chi connectivity index (χ4n) is 5.89. The lowest BCUT2D eigenvalue weighted by Gasteiger charge is -2.47. The first-order valence-electron chi connectivity index (χ1n) is 11.8. The molecule has 9 nitrogen and oxygen atoms in total. The van der Waals surface area contributed by atoms with Crippen LogP contribution < -0.4 is 5.32 Å². The fourth-order valence-corrected chi connectivity index (χ4v) is 5.89. The van der Waals surface area contributed by atoms with Gasteiger partial charge in [0.15, 0.2) is 11.5 Å². The van der Waals surface area contributed by atoms with Crippen molar-refractivity contribution in [2.24, 2.45) is 17.8 Å². The zero-order valence-electron chi connectivity index (χ0n) is 19.0. The Labute approximate surface area is 194 Å². The topological polar surface area (TPSA) is 122 Å². The number of carboxylic acids is 1. The highest BCUT2D eigenvalue weighted by Crippen LogP contribution is 2.46. The zero-order chi connectivity index (χ0) is 23.6. The van der Waals surface area contributed by atoms with Crippen LogP contribution in [0, 0.1) is 23.6 Å². The molecule has 0 radical (unpaired) electrons. The second-order valence-corrected chi connectivity index (χ2v) is 9.78. The molecule has 3 fully saturated rings. The predicted octanol–water partition coefficient (Wildman–Crippen LogP) is 4.39. The Morgan fingerprint density at radius 1 is 1.21 bits per heavy atom. The van der Waals surface area contributed by atoms with Crippen LogP contribution in [0.3, 0.4) is 0 Å². The number of hydrogen-bond donors (Lipinski definition) is 3. The number of carboxylic acid groups (broad SMARTS) is 1. The molecule has 4 heterocycles. The third-order valence-corrected chi connectivity index (χ3v) is 7.54. The van der Waals surface area contributed by atoms with Crippen LogP contribution in [-0.2, 0) is 4.79 Å². The molecule has 34 heavy (non-hydrogen) atoms. The number of aromatic amines is 1. The number of halogens is 1. The van der Waals surface area contributed by atoms with Gasteiger partial charge in [0.05, 0.1) is 22.9 Å². The van der Waals surface area contributed by atoms with E-state index in [0.717, 1.165) is 42.9 Å². The Bertz CT molecular complexity index is 1400. The molecule has 176 valence electrons. The van der Waals surface area contributed by atoms with E-state index < -0.39 is 17.7 Å². The minimum Gasteiger partial charge on any atom is -0.481 e. The molecule has 0 saturated heterocycles. The summed E-state index contributed by atoms with van der Waals surface area (Å²) in [6.07, 6.45) is 7.07. The normalized spacial score (nSPS) is 24.4. The van der Waals surface area contributed by atoms with Crippen LogP contribution in [0.1, 0.15) is 45.6 Å². The van der Waals surface area contributed by atoms with Crippen LogP contribution >= 0.6 is 0 Å². The lowest BCUT2D eigenvalue weighted by molar-refractivity contribution is -0.148. The highest BCUT2D eigenvalue weighted by atomic mass is 19.1. The Kier molecular flexibility index (Phi) is 4.79. The standard InChI is InChI=1S/C24H26FN7O2/c1-11(2)32-8-7-15-21(27-18-13-5-3-12(4-6-13)17(18)24(33)34)28-22(29-23(15)32)19-16-9-14(25)10-26-20(16)31-30-19/h7-13,17-18H,3-6H2,1-2H3,(H,33,34)(H,26,30,31)(H,27,28,29). The van der Waals surface area contributed by atoms with Crippen molar-refractivity contribution >= 4 is 33.9 Å². The number of fused-ring (bicyclic) bond motifs is 5. The average Bonchev–Trinajstić information content (AvgIpc) is 3.43. The van der Waals surface area contributed by atoms with Crippen molar-refractivity contribution in [3.8, 4) is 11.5 Å². The van der Waals surface area contributed by atoms with E-state index in [1.165, 1.54) is 6.07 Å². The Hall–Kier alpha value is -3.56. The number of carbonyl (C=O) groups is 1. The smallest absolute Gasteiger partial charge is 0.308 e.